The van der Waals surface area contributed by atoms with Gasteiger partial charge in [0.1, 0.15) is 11.3 Å². The number of pyridine rings is 1. The van der Waals surface area contributed by atoms with Gasteiger partial charge in [-0.3, -0.25) is 4.98 Å². The van der Waals surface area contributed by atoms with E-state index in [0.29, 0.717) is 5.92 Å². The van der Waals surface area contributed by atoms with Crippen LogP contribution in [0.3, 0.4) is 0 Å². The zero-order chi connectivity index (χ0) is 15.0. The molecule has 0 bridgehead atoms. The summed E-state index contributed by atoms with van der Waals surface area (Å²) in [6, 6.07) is 5.85. The van der Waals surface area contributed by atoms with Gasteiger partial charge in [0.05, 0.1) is 6.10 Å². The number of hydrogen-bond acceptors (Lipinski definition) is 3. The van der Waals surface area contributed by atoms with E-state index in [1.165, 1.54) is 6.42 Å². The number of halogens is 1. The number of nitrogen functional groups attached to an aromatic ring is 1. The molecule has 1 heterocycles. The predicted molar refractivity (Wildman–Crippen MR) is 90.5 cm³/mol. The number of anilines is 1. The minimum absolute atomic E-state index is 0.286. The third kappa shape index (κ3) is 3.00. The molecule has 1 saturated carbocycles. The van der Waals surface area contributed by atoms with Crippen LogP contribution in [0.5, 0.6) is 5.75 Å². The average Bonchev–Trinajstić information content (AvgIpc) is 2.46. The highest BCUT2D eigenvalue weighted by atomic mass is 79.9. The maximum atomic E-state index is 6.25. The number of benzene rings is 1. The van der Waals surface area contributed by atoms with E-state index in [4.69, 9.17) is 10.5 Å². The zero-order valence-electron chi connectivity index (χ0n) is 12.5. The highest BCUT2D eigenvalue weighted by molar-refractivity contribution is 9.10. The SMILES string of the molecule is CC1CCC(Oc2ccc(N)c3cc(Br)cnc23)CC1C. The number of aromatic nitrogens is 1. The van der Waals surface area contributed by atoms with Crippen molar-refractivity contribution in [2.24, 2.45) is 11.8 Å². The van der Waals surface area contributed by atoms with Gasteiger partial charge in [-0.2, -0.15) is 0 Å². The van der Waals surface area contributed by atoms with Crippen molar-refractivity contribution in [3.8, 4) is 5.75 Å². The number of nitrogens with zero attached hydrogens (tertiary/aromatic N) is 1. The standard InChI is InChI=1S/C17H21BrN2O/c1-10-3-4-13(7-11(10)2)21-16-6-5-15(19)14-8-12(18)9-20-17(14)16/h5-6,8-11,13H,3-4,7,19H2,1-2H3. The van der Waals surface area contributed by atoms with Crippen molar-refractivity contribution < 1.29 is 4.74 Å². The van der Waals surface area contributed by atoms with Crippen LogP contribution in [-0.4, -0.2) is 11.1 Å². The fourth-order valence-corrected chi connectivity index (χ4v) is 3.40. The third-order valence-corrected chi connectivity index (χ3v) is 5.09. The van der Waals surface area contributed by atoms with Gasteiger partial charge in [0.15, 0.2) is 0 Å². The topological polar surface area (TPSA) is 48.1 Å². The molecule has 0 spiro atoms. The summed E-state index contributed by atoms with van der Waals surface area (Å²) < 4.78 is 7.18. The van der Waals surface area contributed by atoms with Gasteiger partial charge in [0, 0.05) is 21.7 Å². The number of hydrogen-bond donors (Lipinski definition) is 1. The van der Waals surface area contributed by atoms with Gasteiger partial charge < -0.3 is 10.5 Å². The van der Waals surface area contributed by atoms with E-state index >= 15 is 0 Å². The first-order valence-electron chi connectivity index (χ1n) is 7.55. The molecule has 1 aromatic heterocycles. The van der Waals surface area contributed by atoms with Crippen LogP contribution in [0.15, 0.2) is 28.9 Å². The molecule has 2 N–H and O–H groups in total. The summed E-state index contributed by atoms with van der Waals surface area (Å²) in [6.07, 6.45) is 5.54. The van der Waals surface area contributed by atoms with Gasteiger partial charge in [-0.15, -0.1) is 0 Å². The first kappa shape index (κ1) is 14.6. The summed E-state index contributed by atoms with van der Waals surface area (Å²) in [4.78, 5) is 4.49. The summed E-state index contributed by atoms with van der Waals surface area (Å²) in [7, 11) is 0. The number of fused-ring (bicyclic) bond motifs is 1. The molecule has 3 atom stereocenters. The van der Waals surface area contributed by atoms with E-state index in [-0.39, 0.29) is 6.10 Å². The Balaban J connectivity index is 1.89. The smallest absolute Gasteiger partial charge is 0.146 e. The highest BCUT2D eigenvalue weighted by Gasteiger charge is 2.26. The van der Waals surface area contributed by atoms with Gasteiger partial charge in [0.2, 0.25) is 0 Å². The summed E-state index contributed by atoms with van der Waals surface area (Å²) in [6.45, 7) is 4.65. The van der Waals surface area contributed by atoms with Crippen molar-refractivity contribution in [1.29, 1.82) is 0 Å². The zero-order valence-corrected chi connectivity index (χ0v) is 14.1. The monoisotopic (exact) mass is 348 g/mol. The molecule has 0 saturated heterocycles. The summed E-state index contributed by atoms with van der Waals surface area (Å²) in [5, 5.41) is 0.944. The highest BCUT2D eigenvalue weighted by Crippen LogP contribution is 2.35. The maximum Gasteiger partial charge on any atom is 0.146 e. The van der Waals surface area contributed by atoms with Crippen LogP contribution in [0.4, 0.5) is 5.69 Å². The maximum absolute atomic E-state index is 6.25. The van der Waals surface area contributed by atoms with Crippen molar-refractivity contribution in [3.05, 3.63) is 28.9 Å². The molecule has 1 fully saturated rings. The second-order valence-corrected chi connectivity index (χ2v) is 7.13. The molecule has 112 valence electrons. The van der Waals surface area contributed by atoms with E-state index in [1.54, 1.807) is 6.20 Å². The lowest BCUT2D eigenvalue weighted by molar-refractivity contribution is 0.102. The Morgan fingerprint density at radius 1 is 1.24 bits per heavy atom. The molecule has 3 nitrogen and oxygen atoms in total. The Morgan fingerprint density at radius 3 is 2.81 bits per heavy atom. The Morgan fingerprint density at radius 2 is 2.05 bits per heavy atom. The lowest BCUT2D eigenvalue weighted by Gasteiger charge is -2.32. The van der Waals surface area contributed by atoms with E-state index in [0.717, 1.165) is 45.6 Å². The lowest BCUT2D eigenvalue weighted by atomic mass is 9.80. The number of nitrogens with two attached hydrogens (primary N) is 1. The van der Waals surface area contributed by atoms with Gasteiger partial charge in [-0.25, -0.2) is 0 Å². The van der Waals surface area contributed by atoms with E-state index in [9.17, 15) is 0 Å². The quantitative estimate of drug-likeness (QED) is 0.794. The van der Waals surface area contributed by atoms with Gasteiger partial charge >= 0.3 is 0 Å². The van der Waals surface area contributed by atoms with Crippen LogP contribution in [0.2, 0.25) is 0 Å². The number of ether oxygens (including phenoxy) is 1. The minimum atomic E-state index is 0.286. The lowest BCUT2D eigenvalue weighted by Crippen LogP contribution is -2.28. The molecule has 21 heavy (non-hydrogen) atoms. The van der Waals surface area contributed by atoms with Crippen molar-refractivity contribution in [3.63, 3.8) is 0 Å². The molecule has 1 aromatic carbocycles. The first-order chi connectivity index (χ1) is 10.0. The van der Waals surface area contributed by atoms with Crippen LogP contribution < -0.4 is 10.5 Å². The molecule has 1 aliphatic carbocycles. The molecule has 0 aliphatic heterocycles. The van der Waals surface area contributed by atoms with E-state index in [1.807, 2.05) is 18.2 Å². The molecular weight excluding hydrogens is 328 g/mol. The van der Waals surface area contributed by atoms with Crippen LogP contribution in [-0.2, 0) is 0 Å². The minimum Gasteiger partial charge on any atom is -0.488 e. The molecule has 1 aliphatic rings. The van der Waals surface area contributed by atoms with Crippen molar-refractivity contribution in [1.82, 2.24) is 4.98 Å². The van der Waals surface area contributed by atoms with Crippen molar-refractivity contribution in [2.75, 3.05) is 5.73 Å². The van der Waals surface area contributed by atoms with Gasteiger partial charge in [0.25, 0.3) is 0 Å². The molecule has 0 radical (unpaired) electrons. The third-order valence-electron chi connectivity index (χ3n) is 4.66. The summed E-state index contributed by atoms with van der Waals surface area (Å²) in [5.41, 5.74) is 7.64. The Hall–Kier alpha value is -1.29. The Labute approximate surface area is 134 Å². The summed E-state index contributed by atoms with van der Waals surface area (Å²) in [5.74, 6) is 2.35. The van der Waals surface area contributed by atoms with Crippen LogP contribution in [0, 0.1) is 11.8 Å². The van der Waals surface area contributed by atoms with Crippen molar-refractivity contribution >= 4 is 32.5 Å². The normalized spacial score (nSPS) is 26.0. The van der Waals surface area contributed by atoms with Crippen LogP contribution >= 0.6 is 15.9 Å². The molecule has 3 unspecified atom stereocenters. The molecule has 4 heteroatoms. The second kappa shape index (κ2) is 5.84. The van der Waals surface area contributed by atoms with Gasteiger partial charge in [-0.1, -0.05) is 13.8 Å². The summed E-state index contributed by atoms with van der Waals surface area (Å²) >= 11 is 3.45. The van der Waals surface area contributed by atoms with Crippen LogP contribution in [0.25, 0.3) is 10.9 Å². The first-order valence-corrected chi connectivity index (χ1v) is 8.34. The van der Waals surface area contributed by atoms with Crippen LogP contribution in [0.1, 0.15) is 33.1 Å². The molecule has 3 rings (SSSR count). The molecule has 0 amide bonds. The Bertz CT molecular complexity index is 659. The Kier molecular flexibility index (Phi) is 4.07. The van der Waals surface area contributed by atoms with E-state index < -0.39 is 0 Å². The largest absolute Gasteiger partial charge is 0.488 e. The second-order valence-electron chi connectivity index (χ2n) is 6.21. The molecular formula is C17H21BrN2O. The average molecular weight is 349 g/mol. The van der Waals surface area contributed by atoms with Gasteiger partial charge in [-0.05, 0) is 65.2 Å². The van der Waals surface area contributed by atoms with E-state index in [2.05, 4.69) is 34.8 Å². The molecule has 2 aromatic rings. The predicted octanol–water partition coefficient (Wildman–Crippen LogP) is 4.78. The fraction of sp³-hybridized carbons (Fsp3) is 0.471. The van der Waals surface area contributed by atoms with Crippen molar-refractivity contribution in [2.45, 2.75) is 39.2 Å². The fourth-order valence-electron chi connectivity index (χ4n) is 3.07. The number of rotatable bonds is 2.